The van der Waals surface area contributed by atoms with Crippen LogP contribution in [0.3, 0.4) is 0 Å². The molecule has 2 aromatic carbocycles. The standard InChI is InChI=1S/C21H28.C11H14.C2H6/c1-9-16(5)20(19(10-2)15(3)4)17-11-13-18(14-12-17)21(6,7)8;1-8-3-4-10-6-9(2)7-11(10)5-8;1-2/h9-14H,2-3H2,1,4-8H3;3-5,9H,6-7H2,1-2H3;1-2H3/b16-9-,20-19-;;. The van der Waals surface area contributed by atoms with E-state index in [0.29, 0.717) is 0 Å². The van der Waals surface area contributed by atoms with Crippen LogP contribution < -0.4 is 0 Å². The molecule has 1 aliphatic rings. The van der Waals surface area contributed by atoms with Crippen LogP contribution in [0.25, 0.3) is 5.57 Å². The van der Waals surface area contributed by atoms with Crippen molar-refractivity contribution in [3.05, 3.63) is 112 Å². The maximum Gasteiger partial charge on any atom is -0.00832 e. The van der Waals surface area contributed by atoms with Crippen molar-refractivity contribution in [3.8, 4) is 0 Å². The molecule has 0 heterocycles. The molecule has 0 aliphatic heterocycles. The number of aryl methyl sites for hydroxylation is 1. The Morgan fingerprint density at radius 2 is 1.50 bits per heavy atom. The predicted octanol–water partition coefficient (Wildman–Crippen LogP) is 10.2. The first kappa shape index (κ1) is 29.4. The summed E-state index contributed by atoms with van der Waals surface area (Å²) in [5.74, 6) is 0.867. The molecule has 0 bridgehead atoms. The van der Waals surface area contributed by atoms with E-state index in [9.17, 15) is 0 Å². The molecule has 184 valence electrons. The Morgan fingerprint density at radius 3 is 1.97 bits per heavy atom. The van der Waals surface area contributed by atoms with Crippen LogP contribution in [0.5, 0.6) is 0 Å². The summed E-state index contributed by atoms with van der Waals surface area (Å²) in [5, 5.41) is 0. The van der Waals surface area contributed by atoms with Gasteiger partial charge in [-0.25, -0.2) is 0 Å². The summed E-state index contributed by atoms with van der Waals surface area (Å²) in [6.45, 7) is 29.5. The third-order valence-electron chi connectivity index (χ3n) is 6.30. The fraction of sp³-hybridized carbons (Fsp3) is 0.412. The van der Waals surface area contributed by atoms with Crippen molar-refractivity contribution in [2.75, 3.05) is 0 Å². The van der Waals surface area contributed by atoms with Crippen molar-refractivity contribution < 1.29 is 0 Å². The number of hydrogen-bond acceptors (Lipinski definition) is 0. The maximum absolute atomic E-state index is 4.09. The van der Waals surface area contributed by atoms with E-state index >= 15 is 0 Å². The van der Waals surface area contributed by atoms with E-state index in [2.05, 4.69) is 110 Å². The van der Waals surface area contributed by atoms with Crippen molar-refractivity contribution >= 4 is 5.57 Å². The summed E-state index contributed by atoms with van der Waals surface area (Å²) in [6, 6.07) is 15.7. The Kier molecular flexibility index (Phi) is 11.5. The molecule has 1 unspecified atom stereocenters. The lowest BCUT2D eigenvalue weighted by Gasteiger charge is -2.20. The monoisotopic (exact) mass is 456 g/mol. The molecule has 0 aromatic heterocycles. The lowest BCUT2D eigenvalue weighted by atomic mass is 9.84. The average Bonchev–Trinajstić information content (AvgIpc) is 3.17. The largest absolute Gasteiger partial charge is 0.0984 e. The van der Waals surface area contributed by atoms with E-state index in [1.54, 1.807) is 11.1 Å². The molecule has 34 heavy (non-hydrogen) atoms. The van der Waals surface area contributed by atoms with Gasteiger partial charge in [0.2, 0.25) is 0 Å². The fourth-order valence-electron chi connectivity index (χ4n) is 4.33. The molecule has 1 atom stereocenters. The number of allylic oxidation sites excluding steroid dienone is 6. The zero-order valence-corrected chi connectivity index (χ0v) is 23.6. The van der Waals surface area contributed by atoms with Crippen LogP contribution in [0.2, 0.25) is 0 Å². The van der Waals surface area contributed by atoms with Gasteiger partial charge < -0.3 is 0 Å². The van der Waals surface area contributed by atoms with Crippen molar-refractivity contribution in [1.82, 2.24) is 0 Å². The van der Waals surface area contributed by atoms with Gasteiger partial charge in [0.15, 0.2) is 0 Å². The van der Waals surface area contributed by atoms with E-state index in [0.717, 1.165) is 17.1 Å². The molecule has 0 N–H and O–H groups in total. The molecule has 3 rings (SSSR count). The highest BCUT2D eigenvalue weighted by Crippen LogP contribution is 2.32. The summed E-state index contributed by atoms with van der Waals surface area (Å²) >= 11 is 0. The van der Waals surface area contributed by atoms with Gasteiger partial charge in [0.05, 0.1) is 0 Å². The van der Waals surface area contributed by atoms with Crippen molar-refractivity contribution in [3.63, 3.8) is 0 Å². The molecule has 1 aliphatic carbocycles. The van der Waals surface area contributed by atoms with E-state index < -0.39 is 0 Å². The molecule has 0 fully saturated rings. The van der Waals surface area contributed by atoms with E-state index in [-0.39, 0.29) is 5.41 Å². The minimum atomic E-state index is 0.174. The Morgan fingerprint density at radius 1 is 0.941 bits per heavy atom. The van der Waals surface area contributed by atoms with Gasteiger partial charge in [-0.3, -0.25) is 0 Å². The summed E-state index contributed by atoms with van der Waals surface area (Å²) < 4.78 is 0. The molecule has 2 aromatic rings. The number of fused-ring (bicyclic) bond motifs is 1. The second-order valence-electron chi connectivity index (χ2n) is 10.4. The quantitative estimate of drug-likeness (QED) is 0.401. The van der Waals surface area contributed by atoms with Gasteiger partial charge in [-0.05, 0) is 90.8 Å². The summed E-state index contributed by atoms with van der Waals surface area (Å²) in [7, 11) is 0. The van der Waals surface area contributed by atoms with Gasteiger partial charge in [0.25, 0.3) is 0 Å². The first-order chi connectivity index (χ1) is 16.0. The van der Waals surface area contributed by atoms with Crippen molar-refractivity contribution in [1.29, 1.82) is 0 Å². The molecule has 0 saturated heterocycles. The molecule has 0 nitrogen and oxygen atoms in total. The van der Waals surface area contributed by atoms with Gasteiger partial charge in [-0.2, -0.15) is 0 Å². The second kappa shape index (κ2) is 13.3. The van der Waals surface area contributed by atoms with Crippen molar-refractivity contribution in [2.24, 2.45) is 5.92 Å². The number of rotatable bonds is 4. The number of hydrogen-bond donors (Lipinski definition) is 0. The van der Waals surface area contributed by atoms with Crippen LogP contribution in [-0.4, -0.2) is 0 Å². The molecule has 0 radical (unpaired) electrons. The summed E-state index contributed by atoms with van der Waals surface area (Å²) in [4.78, 5) is 0. The normalized spacial score (nSPS) is 15.7. The second-order valence-corrected chi connectivity index (χ2v) is 10.4. The van der Waals surface area contributed by atoms with Crippen LogP contribution in [0.4, 0.5) is 0 Å². The van der Waals surface area contributed by atoms with E-state index in [1.807, 2.05) is 26.8 Å². The van der Waals surface area contributed by atoms with E-state index in [1.165, 1.54) is 40.7 Å². The minimum Gasteiger partial charge on any atom is -0.0984 e. The first-order valence-electron chi connectivity index (χ1n) is 12.8. The molecule has 0 heteroatoms. The van der Waals surface area contributed by atoms with Crippen LogP contribution in [0.15, 0.2) is 84.5 Å². The fourth-order valence-corrected chi connectivity index (χ4v) is 4.33. The van der Waals surface area contributed by atoms with Gasteiger partial charge in [0, 0.05) is 0 Å². The highest BCUT2D eigenvalue weighted by Gasteiger charge is 2.17. The highest BCUT2D eigenvalue weighted by molar-refractivity contribution is 5.85. The Hall–Kier alpha value is -2.60. The van der Waals surface area contributed by atoms with Gasteiger partial charge in [0.1, 0.15) is 0 Å². The van der Waals surface area contributed by atoms with Crippen LogP contribution >= 0.6 is 0 Å². The van der Waals surface area contributed by atoms with Crippen LogP contribution in [-0.2, 0) is 18.3 Å². The van der Waals surface area contributed by atoms with Crippen LogP contribution in [0.1, 0.15) is 90.1 Å². The summed E-state index contributed by atoms with van der Waals surface area (Å²) in [6.07, 6.45) is 6.62. The smallest absolute Gasteiger partial charge is 0.00832 e. The number of benzene rings is 2. The zero-order valence-electron chi connectivity index (χ0n) is 23.6. The lowest BCUT2D eigenvalue weighted by Crippen LogP contribution is -2.10. The SMILES string of the molecule is C=C/C(C(=C)C)=C(\C(C)=C/C)c1ccc(C(C)(C)C)cc1.CC.Cc1ccc2c(c1)CC(C)C2. The lowest BCUT2D eigenvalue weighted by molar-refractivity contribution is 0.590. The first-order valence-corrected chi connectivity index (χ1v) is 12.8. The van der Waals surface area contributed by atoms with E-state index in [4.69, 9.17) is 0 Å². The Bertz CT molecular complexity index is 1020. The molecular formula is C34H48. The highest BCUT2D eigenvalue weighted by atomic mass is 14.2. The van der Waals surface area contributed by atoms with Crippen molar-refractivity contribution in [2.45, 2.75) is 87.5 Å². The van der Waals surface area contributed by atoms with Gasteiger partial charge in [-0.1, -0.05) is 120 Å². The Balaban J connectivity index is 0.000000369. The summed E-state index contributed by atoms with van der Waals surface area (Å²) in [5.41, 5.74) is 11.9. The zero-order chi connectivity index (χ0) is 26.1. The van der Waals surface area contributed by atoms with Crippen LogP contribution in [0, 0.1) is 12.8 Å². The average molecular weight is 457 g/mol. The predicted molar refractivity (Wildman–Crippen MR) is 156 cm³/mol. The molecule has 0 spiro atoms. The molecule has 0 saturated carbocycles. The third-order valence-corrected chi connectivity index (χ3v) is 6.30. The third kappa shape index (κ3) is 8.01. The Labute approximate surface area is 211 Å². The topological polar surface area (TPSA) is 0 Å². The minimum absolute atomic E-state index is 0.174. The maximum atomic E-state index is 4.09. The molecule has 0 amide bonds. The molecular weight excluding hydrogens is 408 g/mol. The van der Waals surface area contributed by atoms with Gasteiger partial charge >= 0.3 is 0 Å². The van der Waals surface area contributed by atoms with Gasteiger partial charge in [-0.15, -0.1) is 0 Å².